The number of amides is 1. The first-order valence-corrected chi connectivity index (χ1v) is 11.3. The lowest BCUT2D eigenvalue weighted by Crippen LogP contribution is -2.40. The molecule has 170 valence electrons. The Morgan fingerprint density at radius 3 is 2.55 bits per heavy atom. The second kappa shape index (κ2) is 9.73. The van der Waals surface area contributed by atoms with Crippen LogP contribution in [0.4, 0.5) is 4.39 Å². The number of ether oxygens (including phenoxy) is 2. The molecule has 0 aliphatic carbocycles. The first-order chi connectivity index (χ1) is 16.2. The summed E-state index contributed by atoms with van der Waals surface area (Å²) in [4.78, 5) is 14.9. The van der Waals surface area contributed by atoms with Crippen molar-refractivity contribution in [2.24, 2.45) is 0 Å². The smallest absolute Gasteiger partial charge is 0.234 e. The molecule has 5 nitrogen and oxygen atoms in total. The van der Waals surface area contributed by atoms with Crippen molar-refractivity contribution < 1.29 is 18.7 Å². The molecule has 0 spiro atoms. The molecule has 1 N–H and O–H groups in total. The van der Waals surface area contributed by atoms with Crippen LogP contribution in [-0.4, -0.2) is 37.0 Å². The molecular formula is C27H27FN2O3. The molecular weight excluding hydrogens is 419 g/mol. The molecule has 5 rings (SSSR count). The van der Waals surface area contributed by atoms with Crippen LogP contribution >= 0.6 is 0 Å². The van der Waals surface area contributed by atoms with E-state index in [1.807, 2.05) is 41.3 Å². The Kier molecular flexibility index (Phi) is 6.37. The zero-order chi connectivity index (χ0) is 22.6. The number of nitrogens with one attached hydrogen (secondary N) is 1. The zero-order valence-corrected chi connectivity index (χ0v) is 18.4. The average Bonchev–Trinajstić information content (AvgIpc) is 3.02. The van der Waals surface area contributed by atoms with Crippen molar-refractivity contribution in [3.8, 4) is 5.75 Å². The fraction of sp³-hybridized carbons (Fsp3) is 0.296. The molecule has 2 aliphatic rings. The summed E-state index contributed by atoms with van der Waals surface area (Å²) < 4.78 is 26.6. The van der Waals surface area contributed by atoms with Crippen LogP contribution in [0.1, 0.15) is 34.5 Å². The van der Waals surface area contributed by atoms with E-state index in [4.69, 9.17) is 9.47 Å². The minimum atomic E-state index is -0.504. The highest BCUT2D eigenvalue weighted by atomic mass is 19.1. The summed E-state index contributed by atoms with van der Waals surface area (Å²) in [5.74, 6) is 0.327. The lowest BCUT2D eigenvalue weighted by atomic mass is 9.97. The minimum absolute atomic E-state index is 0.0895. The molecule has 0 saturated heterocycles. The number of benzene rings is 3. The molecule has 2 heterocycles. The standard InChI is InChI=1S/C27H27FN2O3/c28-23-11-5-4-10-22(23)26-17-30(16-20-8-2-6-12-24(20)33-26)18-27(31)29-15-25-21-9-3-1-7-19(21)13-14-32-25/h1-12,25-26H,13-18H2,(H,29,31)/t25-,26+/m0/s1. The molecule has 3 aromatic rings. The quantitative estimate of drug-likeness (QED) is 0.639. The average molecular weight is 447 g/mol. The molecule has 0 bridgehead atoms. The van der Waals surface area contributed by atoms with Crippen LogP contribution < -0.4 is 10.1 Å². The third kappa shape index (κ3) is 4.92. The van der Waals surface area contributed by atoms with Gasteiger partial charge in [-0.2, -0.15) is 0 Å². The Balaban J connectivity index is 1.28. The van der Waals surface area contributed by atoms with Gasteiger partial charge in [0.05, 0.1) is 13.2 Å². The SMILES string of the molecule is O=C(CN1Cc2ccccc2O[C@@H](c2ccccc2F)C1)NC[C@@H]1OCCc2ccccc21. The molecule has 2 aliphatic heterocycles. The van der Waals surface area contributed by atoms with Crippen LogP contribution in [0, 0.1) is 5.82 Å². The van der Waals surface area contributed by atoms with Crippen LogP contribution in [0.15, 0.2) is 72.8 Å². The van der Waals surface area contributed by atoms with E-state index in [2.05, 4.69) is 17.4 Å². The van der Waals surface area contributed by atoms with Gasteiger partial charge >= 0.3 is 0 Å². The number of carbonyl (C=O) groups is 1. The van der Waals surface area contributed by atoms with Crippen LogP contribution in [0.2, 0.25) is 0 Å². The Hall–Kier alpha value is -3.22. The summed E-state index contributed by atoms with van der Waals surface area (Å²) in [7, 11) is 0. The van der Waals surface area contributed by atoms with Crippen molar-refractivity contribution in [2.45, 2.75) is 25.2 Å². The Bertz CT molecular complexity index is 1140. The molecule has 0 aromatic heterocycles. The lowest BCUT2D eigenvalue weighted by molar-refractivity contribution is -0.123. The topological polar surface area (TPSA) is 50.8 Å². The van der Waals surface area contributed by atoms with Crippen LogP contribution in [-0.2, 0) is 22.5 Å². The maximum absolute atomic E-state index is 14.5. The highest BCUT2D eigenvalue weighted by Gasteiger charge is 2.28. The molecule has 33 heavy (non-hydrogen) atoms. The second-order valence-corrected chi connectivity index (χ2v) is 8.52. The van der Waals surface area contributed by atoms with E-state index in [-0.39, 0.29) is 24.4 Å². The second-order valence-electron chi connectivity index (χ2n) is 8.52. The molecule has 6 heteroatoms. The minimum Gasteiger partial charge on any atom is -0.484 e. The van der Waals surface area contributed by atoms with Crippen molar-refractivity contribution in [2.75, 3.05) is 26.2 Å². The van der Waals surface area contributed by atoms with E-state index in [0.717, 1.165) is 23.3 Å². The van der Waals surface area contributed by atoms with E-state index < -0.39 is 6.10 Å². The van der Waals surface area contributed by atoms with Crippen molar-refractivity contribution >= 4 is 5.91 Å². The van der Waals surface area contributed by atoms with Crippen molar-refractivity contribution in [1.29, 1.82) is 0 Å². The molecule has 1 amide bonds. The number of carbonyl (C=O) groups excluding carboxylic acids is 1. The van der Waals surface area contributed by atoms with Crippen molar-refractivity contribution in [3.63, 3.8) is 0 Å². The monoisotopic (exact) mass is 446 g/mol. The zero-order valence-electron chi connectivity index (χ0n) is 18.4. The molecule has 3 aromatic carbocycles. The fourth-order valence-electron chi connectivity index (χ4n) is 4.61. The van der Waals surface area contributed by atoms with Gasteiger partial charge in [-0.3, -0.25) is 9.69 Å². The lowest BCUT2D eigenvalue weighted by Gasteiger charge is -2.27. The van der Waals surface area contributed by atoms with Gasteiger partial charge in [-0.15, -0.1) is 0 Å². The normalized spacial score (nSPS) is 20.2. The summed E-state index contributed by atoms with van der Waals surface area (Å²) in [5.41, 5.74) is 3.89. The third-order valence-electron chi connectivity index (χ3n) is 6.26. The van der Waals surface area contributed by atoms with E-state index in [0.29, 0.717) is 31.8 Å². The first-order valence-electron chi connectivity index (χ1n) is 11.3. The number of halogens is 1. The Labute approximate surface area is 193 Å². The summed E-state index contributed by atoms with van der Waals surface area (Å²) in [5, 5.41) is 3.03. The summed E-state index contributed by atoms with van der Waals surface area (Å²) in [6, 6.07) is 22.6. The highest BCUT2D eigenvalue weighted by molar-refractivity contribution is 5.78. The van der Waals surface area contributed by atoms with Crippen LogP contribution in [0.3, 0.4) is 0 Å². The van der Waals surface area contributed by atoms with E-state index in [1.165, 1.54) is 11.6 Å². The van der Waals surface area contributed by atoms with Crippen LogP contribution in [0.5, 0.6) is 5.75 Å². The predicted octanol–water partition coefficient (Wildman–Crippen LogP) is 4.19. The molecule has 0 saturated carbocycles. The van der Waals surface area contributed by atoms with Gasteiger partial charge < -0.3 is 14.8 Å². The molecule has 2 atom stereocenters. The Morgan fingerprint density at radius 1 is 0.970 bits per heavy atom. The number of hydrogen-bond donors (Lipinski definition) is 1. The van der Waals surface area contributed by atoms with E-state index in [9.17, 15) is 9.18 Å². The Morgan fingerprint density at radius 2 is 1.70 bits per heavy atom. The van der Waals surface area contributed by atoms with Gasteiger partial charge in [-0.25, -0.2) is 4.39 Å². The number of fused-ring (bicyclic) bond motifs is 2. The van der Waals surface area contributed by atoms with Crippen LogP contribution in [0.25, 0.3) is 0 Å². The number of para-hydroxylation sites is 1. The summed E-state index contributed by atoms with van der Waals surface area (Å²) in [6.07, 6.45) is 0.250. The first kappa shape index (κ1) is 21.6. The maximum atomic E-state index is 14.5. The molecule has 0 fully saturated rings. The summed E-state index contributed by atoms with van der Waals surface area (Å²) >= 11 is 0. The molecule has 0 radical (unpaired) electrons. The number of nitrogens with zero attached hydrogens (tertiary/aromatic N) is 1. The maximum Gasteiger partial charge on any atom is 0.234 e. The van der Waals surface area contributed by atoms with Gasteiger partial charge in [0.1, 0.15) is 23.8 Å². The van der Waals surface area contributed by atoms with E-state index >= 15 is 0 Å². The van der Waals surface area contributed by atoms with Gasteiger partial charge in [-0.05, 0) is 29.7 Å². The number of hydrogen-bond acceptors (Lipinski definition) is 4. The van der Waals surface area contributed by atoms with Gasteiger partial charge in [0.2, 0.25) is 5.91 Å². The summed E-state index contributed by atoms with van der Waals surface area (Å²) in [6.45, 7) is 2.23. The van der Waals surface area contributed by atoms with E-state index in [1.54, 1.807) is 18.2 Å². The van der Waals surface area contributed by atoms with Gasteiger partial charge in [0.15, 0.2) is 0 Å². The van der Waals surface area contributed by atoms with Gasteiger partial charge in [0, 0.05) is 30.8 Å². The highest BCUT2D eigenvalue weighted by Crippen LogP contribution is 2.32. The largest absolute Gasteiger partial charge is 0.484 e. The van der Waals surface area contributed by atoms with Gasteiger partial charge in [0.25, 0.3) is 0 Å². The number of rotatable bonds is 5. The predicted molar refractivity (Wildman–Crippen MR) is 123 cm³/mol. The fourth-order valence-corrected chi connectivity index (χ4v) is 4.61. The molecule has 0 unspecified atom stereocenters. The van der Waals surface area contributed by atoms with Gasteiger partial charge in [-0.1, -0.05) is 60.7 Å². The van der Waals surface area contributed by atoms with Crippen molar-refractivity contribution in [1.82, 2.24) is 10.2 Å². The van der Waals surface area contributed by atoms with Crippen molar-refractivity contribution in [3.05, 3.63) is 101 Å². The third-order valence-corrected chi connectivity index (χ3v) is 6.26.